The number of allylic oxidation sites excluding steroid dienone is 1. The summed E-state index contributed by atoms with van der Waals surface area (Å²) in [7, 11) is 1.52. The van der Waals surface area contributed by atoms with E-state index in [1.54, 1.807) is 35.2 Å². The highest BCUT2D eigenvalue weighted by atomic mass is 16.5. The van der Waals surface area contributed by atoms with Gasteiger partial charge in [0.15, 0.2) is 23.9 Å². The lowest BCUT2D eigenvalue weighted by molar-refractivity contribution is -0.123. The number of aromatic nitrogens is 2. The van der Waals surface area contributed by atoms with Crippen LogP contribution in [0.5, 0.6) is 11.5 Å². The van der Waals surface area contributed by atoms with Gasteiger partial charge in [-0.2, -0.15) is 5.10 Å². The number of hydrogen-bond donors (Lipinski definition) is 1. The van der Waals surface area contributed by atoms with Crippen molar-refractivity contribution in [1.29, 1.82) is 0 Å². The van der Waals surface area contributed by atoms with E-state index in [4.69, 9.17) is 9.47 Å². The van der Waals surface area contributed by atoms with Gasteiger partial charge in [0.1, 0.15) is 0 Å². The van der Waals surface area contributed by atoms with E-state index >= 15 is 0 Å². The van der Waals surface area contributed by atoms with Crippen LogP contribution in [0.3, 0.4) is 0 Å². The van der Waals surface area contributed by atoms with Crippen molar-refractivity contribution in [3.05, 3.63) is 77.6 Å². The van der Waals surface area contributed by atoms with E-state index in [-0.39, 0.29) is 18.3 Å². The first kappa shape index (κ1) is 21.8. The van der Waals surface area contributed by atoms with E-state index in [0.717, 1.165) is 16.9 Å². The molecule has 0 unspecified atom stereocenters. The molecule has 0 bridgehead atoms. The fourth-order valence-corrected chi connectivity index (χ4v) is 3.04. The van der Waals surface area contributed by atoms with Crippen LogP contribution >= 0.6 is 0 Å². The summed E-state index contributed by atoms with van der Waals surface area (Å²) in [6.45, 7) is 4.16. The minimum Gasteiger partial charge on any atom is -0.493 e. The maximum absolute atomic E-state index is 12.7. The number of benzene rings is 2. The third-order valence-corrected chi connectivity index (χ3v) is 4.62. The molecule has 0 aliphatic carbocycles. The Morgan fingerprint density at radius 2 is 1.90 bits per heavy atom. The normalized spacial score (nSPS) is 10.8. The van der Waals surface area contributed by atoms with Gasteiger partial charge in [0.05, 0.1) is 30.3 Å². The summed E-state index contributed by atoms with van der Waals surface area (Å²) in [4.78, 5) is 24.3. The average molecular weight is 419 g/mol. The summed E-state index contributed by atoms with van der Waals surface area (Å²) < 4.78 is 12.6. The Balaban J connectivity index is 1.72. The van der Waals surface area contributed by atoms with Crippen molar-refractivity contribution in [2.75, 3.05) is 20.3 Å². The van der Waals surface area contributed by atoms with Gasteiger partial charge >= 0.3 is 0 Å². The van der Waals surface area contributed by atoms with Gasteiger partial charge in [-0.3, -0.25) is 9.59 Å². The van der Waals surface area contributed by atoms with Crippen LogP contribution in [0.2, 0.25) is 0 Å². The van der Waals surface area contributed by atoms with Crippen molar-refractivity contribution in [3.8, 4) is 17.2 Å². The molecular weight excluding hydrogens is 394 g/mol. The van der Waals surface area contributed by atoms with Gasteiger partial charge in [-0.15, -0.1) is 0 Å². The molecule has 0 spiro atoms. The van der Waals surface area contributed by atoms with Gasteiger partial charge in [0.2, 0.25) is 0 Å². The predicted molar refractivity (Wildman–Crippen MR) is 119 cm³/mol. The Bertz CT molecular complexity index is 1090. The summed E-state index contributed by atoms with van der Waals surface area (Å²) in [6, 6.07) is 14.9. The van der Waals surface area contributed by atoms with Gasteiger partial charge in [0.25, 0.3) is 5.91 Å². The highest BCUT2D eigenvalue weighted by molar-refractivity contribution is 6.07. The number of nitrogens with zero attached hydrogens (tertiary/aromatic N) is 2. The molecule has 160 valence electrons. The van der Waals surface area contributed by atoms with Gasteiger partial charge in [-0.05, 0) is 49.8 Å². The number of carbonyl (C=O) groups excluding carboxylic acids is 2. The monoisotopic (exact) mass is 419 g/mol. The van der Waals surface area contributed by atoms with Crippen LogP contribution in [0.4, 0.5) is 0 Å². The lowest BCUT2D eigenvalue weighted by atomic mass is 10.1. The van der Waals surface area contributed by atoms with Crippen molar-refractivity contribution in [3.63, 3.8) is 0 Å². The van der Waals surface area contributed by atoms with Gasteiger partial charge in [-0.25, -0.2) is 4.68 Å². The van der Waals surface area contributed by atoms with Crippen molar-refractivity contribution >= 4 is 17.8 Å². The fourth-order valence-electron chi connectivity index (χ4n) is 3.04. The zero-order valence-corrected chi connectivity index (χ0v) is 17.8. The van der Waals surface area contributed by atoms with Crippen LogP contribution in [0.25, 0.3) is 11.8 Å². The molecule has 7 heteroatoms. The van der Waals surface area contributed by atoms with Crippen molar-refractivity contribution in [2.24, 2.45) is 0 Å². The second kappa shape index (κ2) is 10.2. The summed E-state index contributed by atoms with van der Waals surface area (Å²) in [6.07, 6.45) is 4.79. The molecule has 1 aromatic heterocycles. The molecule has 0 radical (unpaired) electrons. The second-order valence-electron chi connectivity index (χ2n) is 6.74. The molecule has 7 nitrogen and oxygen atoms in total. The molecule has 0 aliphatic rings. The Morgan fingerprint density at radius 1 is 1.13 bits per heavy atom. The summed E-state index contributed by atoms with van der Waals surface area (Å²) in [5.74, 6) is 0.588. The largest absolute Gasteiger partial charge is 0.493 e. The van der Waals surface area contributed by atoms with E-state index in [9.17, 15) is 9.59 Å². The van der Waals surface area contributed by atoms with E-state index in [0.29, 0.717) is 23.6 Å². The zero-order valence-electron chi connectivity index (χ0n) is 17.8. The Kier molecular flexibility index (Phi) is 7.22. The van der Waals surface area contributed by atoms with E-state index in [1.807, 2.05) is 44.2 Å². The van der Waals surface area contributed by atoms with E-state index in [2.05, 4.69) is 10.4 Å². The molecule has 1 N–H and O–H groups in total. The van der Waals surface area contributed by atoms with Gasteiger partial charge < -0.3 is 14.8 Å². The van der Waals surface area contributed by atoms with E-state index < -0.39 is 0 Å². The molecule has 3 rings (SSSR count). The minimum absolute atomic E-state index is 0.0947. The minimum atomic E-state index is -0.203. The summed E-state index contributed by atoms with van der Waals surface area (Å²) in [5.41, 5.74) is 2.97. The Hall–Kier alpha value is -3.87. The number of hydrogen-bond acceptors (Lipinski definition) is 5. The molecule has 0 saturated heterocycles. The number of ketones is 1. The molecular formula is C24H25N3O4. The van der Waals surface area contributed by atoms with Gasteiger partial charge in [-0.1, -0.05) is 30.3 Å². The van der Waals surface area contributed by atoms with Crippen LogP contribution in [-0.2, 0) is 4.79 Å². The van der Waals surface area contributed by atoms with Crippen molar-refractivity contribution in [1.82, 2.24) is 15.1 Å². The number of ether oxygens (including phenoxy) is 2. The average Bonchev–Trinajstić information content (AvgIpc) is 3.18. The first-order valence-corrected chi connectivity index (χ1v) is 9.93. The standard InChI is InChI=1S/C24H25N3O4/c1-4-25-24(29)16-31-22-13-11-18(14-23(22)30-3)10-12-21(28)20-15-26-27(17(20)2)19-8-6-5-7-9-19/h5-15H,4,16H2,1-3H3,(H,25,29)/b12-10+. The maximum Gasteiger partial charge on any atom is 0.257 e. The molecule has 1 heterocycles. The highest BCUT2D eigenvalue weighted by Gasteiger charge is 2.13. The first-order chi connectivity index (χ1) is 15.0. The Labute approximate surface area is 181 Å². The molecule has 2 aromatic carbocycles. The third kappa shape index (κ3) is 5.39. The molecule has 0 aliphatic heterocycles. The summed E-state index contributed by atoms with van der Waals surface area (Å²) >= 11 is 0. The predicted octanol–water partition coefficient (Wildman–Crippen LogP) is 3.60. The van der Waals surface area contributed by atoms with Crippen molar-refractivity contribution in [2.45, 2.75) is 13.8 Å². The number of methoxy groups -OCH3 is 1. The molecule has 31 heavy (non-hydrogen) atoms. The number of para-hydroxylation sites is 1. The maximum atomic E-state index is 12.7. The zero-order chi connectivity index (χ0) is 22.2. The van der Waals surface area contributed by atoms with Crippen LogP contribution in [-0.4, -0.2) is 41.7 Å². The number of rotatable bonds is 9. The Morgan fingerprint density at radius 3 is 2.61 bits per heavy atom. The smallest absolute Gasteiger partial charge is 0.257 e. The quantitative estimate of drug-likeness (QED) is 0.423. The molecule has 0 atom stereocenters. The molecule has 0 fully saturated rings. The van der Waals surface area contributed by atoms with Crippen LogP contribution in [0.15, 0.2) is 60.8 Å². The fraction of sp³-hybridized carbons (Fsp3) is 0.208. The first-order valence-electron chi connectivity index (χ1n) is 9.93. The second-order valence-corrected chi connectivity index (χ2v) is 6.74. The molecule has 3 aromatic rings. The number of nitrogens with one attached hydrogen (secondary N) is 1. The lowest BCUT2D eigenvalue weighted by Gasteiger charge is -2.11. The number of amides is 1. The highest BCUT2D eigenvalue weighted by Crippen LogP contribution is 2.28. The molecule has 0 saturated carbocycles. The third-order valence-electron chi connectivity index (χ3n) is 4.62. The van der Waals surface area contributed by atoms with Crippen LogP contribution < -0.4 is 14.8 Å². The SMILES string of the molecule is CCNC(=O)COc1ccc(/C=C/C(=O)c2cnn(-c3ccccc3)c2C)cc1OC. The number of likely N-dealkylation sites (N-methyl/N-ethyl adjacent to an activating group) is 1. The van der Waals surface area contributed by atoms with E-state index in [1.165, 1.54) is 13.2 Å². The summed E-state index contributed by atoms with van der Waals surface area (Å²) in [5, 5.41) is 7.01. The topological polar surface area (TPSA) is 82.5 Å². The lowest BCUT2D eigenvalue weighted by Crippen LogP contribution is -2.28. The van der Waals surface area contributed by atoms with Crippen LogP contribution in [0, 0.1) is 6.92 Å². The molecule has 1 amide bonds. The number of carbonyl (C=O) groups is 2. The van der Waals surface area contributed by atoms with Crippen molar-refractivity contribution < 1.29 is 19.1 Å². The van der Waals surface area contributed by atoms with Gasteiger partial charge in [0, 0.05) is 6.54 Å². The van der Waals surface area contributed by atoms with Crippen LogP contribution in [0.1, 0.15) is 28.5 Å².